The minimum Gasteiger partial charge on any atom is -0.392 e. The number of carbonyl (C=O) groups is 1. The molecule has 0 aliphatic rings. The van der Waals surface area contributed by atoms with Crippen LogP contribution in [0.5, 0.6) is 0 Å². The van der Waals surface area contributed by atoms with Gasteiger partial charge >= 0.3 is 0 Å². The van der Waals surface area contributed by atoms with Gasteiger partial charge in [0.2, 0.25) is 5.91 Å². The first-order valence-electron chi connectivity index (χ1n) is 5.92. The molecule has 0 radical (unpaired) electrons. The van der Waals surface area contributed by atoms with Crippen LogP contribution in [0.3, 0.4) is 0 Å². The Bertz CT molecular complexity index is 408. The summed E-state index contributed by atoms with van der Waals surface area (Å²) in [5.74, 6) is 0.437. The minimum absolute atomic E-state index is 0.0671. The largest absolute Gasteiger partial charge is 0.392 e. The van der Waals surface area contributed by atoms with Crippen LogP contribution in [-0.2, 0) is 11.4 Å². The zero-order valence-corrected chi connectivity index (χ0v) is 12.2. The van der Waals surface area contributed by atoms with E-state index >= 15 is 0 Å². The molecule has 100 valence electrons. The number of halogens is 1. The van der Waals surface area contributed by atoms with Gasteiger partial charge < -0.3 is 10.0 Å². The first kappa shape index (κ1) is 15.3. The molecule has 1 rings (SSSR count). The topological polar surface area (TPSA) is 40.5 Å². The van der Waals surface area contributed by atoms with Crippen LogP contribution in [0.15, 0.2) is 23.1 Å². The van der Waals surface area contributed by atoms with E-state index < -0.39 is 0 Å². The van der Waals surface area contributed by atoms with Crippen LogP contribution in [0.25, 0.3) is 0 Å². The second kappa shape index (κ2) is 7.67. The quantitative estimate of drug-likeness (QED) is 0.818. The molecule has 0 atom stereocenters. The third kappa shape index (κ3) is 3.90. The lowest BCUT2D eigenvalue weighted by molar-refractivity contribution is -0.127. The summed E-state index contributed by atoms with van der Waals surface area (Å²) in [6.07, 6.45) is 0. The summed E-state index contributed by atoms with van der Waals surface area (Å²) in [7, 11) is 0. The number of hydrogen-bond donors (Lipinski definition) is 1. The Hall–Kier alpha value is -0.710. The fourth-order valence-electron chi connectivity index (χ4n) is 1.64. The van der Waals surface area contributed by atoms with Crippen LogP contribution in [-0.4, -0.2) is 34.8 Å². The van der Waals surface area contributed by atoms with Crippen LogP contribution in [0.4, 0.5) is 0 Å². The molecule has 3 nitrogen and oxygen atoms in total. The molecular formula is C13H18ClNO2S. The summed E-state index contributed by atoms with van der Waals surface area (Å²) < 4.78 is 0. The number of nitrogens with zero attached hydrogens (tertiary/aromatic N) is 1. The Morgan fingerprint density at radius 2 is 2.06 bits per heavy atom. The standard InChI is InChI=1S/C13H18ClNO2S/c1-3-15(4-2)12(17)9-18-13-10(8-16)6-5-7-11(13)14/h5-7,16H,3-4,8-9H2,1-2H3. The lowest BCUT2D eigenvalue weighted by Gasteiger charge is -2.18. The number of aliphatic hydroxyl groups excluding tert-OH is 1. The van der Waals surface area contributed by atoms with Crippen molar-refractivity contribution in [3.8, 4) is 0 Å². The first-order chi connectivity index (χ1) is 8.63. The number of carbonyl (C=O) groups excluding carboxylic acids is 1. The van der Waals surface area contributed by atoms with Crippen molar-refractivity contribution in [2.24, 2.45) is 0 Å². The molecule has 0 aromatic heterocycles. The van der Waals surface area contributed by atoms with E-state index in [1.165, 1.54) is 11.8 Å². The van der Waals surface area contributed by atoms with Gasteiger partial charge in [0.05, 0.1) is 17.4 Å². The minimum atomic E-state index is -0.0671. The molecule has 5 heteroatoms. The third-order valence-corrected chi connectivity index (χ3v) is 4.26. The van der Waals surface area contributed by atoms with E-state index in [-0.39, 0.29) is 12.5 Å². The van der Waals surface area contributed by atoms with Gasteiger partial charge in [-0.25, -0.2) is 0 Å². The fraction of sp³-hybridized carbons (Fsp3) is 0.462. The van der Waals surface area contributed by atoms with E-state index in [1.807, 2.05) is 19.9 Å². The molecule has 0 aliphatic heterocycles. The average Bonchev–Trinajstić information content (AvgIpc) is 2.38. The smallest absolute Gasteiger partial charge is 0.232 e. The van der Waals surface area contributed by atoms with Gasteiger partial charge in [0.1, 0.15) is 0 Å². The molecule has 18 heavy (non-hydrogen) atoms. The molecule has 1 aromatic carbocycles. The van der Waals surface area contributed by atoms with Gasteiger partial charge in [0.15, 0.2) is 0 Å². The number of aliphatic hydroxyl groups is 1. The molecule has 0 aliphatic carbocycles. The first-order valence-corrected chi connectivity index (χ1v) is 7.29. The maximum atomic E-state index is 11.9. The van der Waals surface area contributed by atoms with E-state index in [1.54, 1.807) is 17.0 Å². The molecule has 0 saturated carbocycles. The average molecular weight is 288 g/mol. The van der Waals surface area contributed by atoms with Crippen molar-refractivity contribution in [1.82, 2.24) is 4.90 Å². The Morgan fingerprint density at radius 3 is 2.61 bits per heavy atom. The highest BCUT2D eigenvalue weighted by atomic mass is 35.5. The predicted octanol–water partition coefficient (Wildman–Crippen LogP) is 2.79. The predicted molar refractivity (Wildman–Crippen MR) is 76.0 cm³/mol. The van der Waals surface area contributed by atoms with Crippen LogP contribution < -0.4 is 0 Å². The van der Waals surface area contributed by atoms with Crippen LogP contribution in [0, 0.1) is 0 Å². The van der Waals surface area contributed by atoms with Gasteiger partial charge in [0.25, 0.3) is 0 Å². The summed E-state index contributed by atoms with van der Waals surface area (Å²) in [6, 6.07) is 5.38. The molecular weight excluding hydrogens is 270 g/mol. The van der Waals surface area contributed by atoms with Gasteiger partial charge in [-0.15, -0.1) is 11.8 Å². The van der Waals surface area contributed by atoms with Crippen molar-refractivity contribution < 1.29 is 9.90 Å². The van der Waals surface area contributed by atoms with E-state index in [0.717, 1.165) is 10.5 Å². The van der Waals surface area contributed by atoms with E-state index in [4.69, 9.17) is 11.6 Å². The Morgan fingerprint density at radius 1 is 1.39 bits per heavy atom. The Labute approximate surface area is 117 Å². The molecule has 0 saturated heterocycles. The van der Waals surface area contributed by atoms with Gasteiger partial charge in [-0.2, -0.15) is 0 Å². The van der Waals surface area contributed by atoms with Crippen molar-refractivity contribution in [3.63, 3.8) is 0 Å². The van der Waals surface area contributed by atoms with Crippen molar-refractivity contribution in [2.75, 3.05) is 18.8 Å². The van der Waals surface area contributed by atoms with Gasteiger partial charge in [-0.05, 0) is 25.5 Å². The third-order valence-electron chi connectivity index (χ3n) is 2.68. The van der Waals surface area contributed by atoms with Crippen LogP contribution >= 0.6 is 23.4 Å². The molecule has 0 spiro atoms. The van der Waals surface area contributed by atoms with E-state index in [2.05, 4.69) is 0 Å². The molecule has 0 heterocycles. The molecule has 1 aromatic rings. The number of amides is 1. The summed E-state index contributed by atoms with van der Waals surface area (Å²) >= 11 is 7.46. The van der Waals surface area contributed by atoms with Crippen molar-refractivity contribution in [1.29, 1.82) is 0 Å². The zero-order valence-electron chi connectivity index (χ0n) is 10.6. The second-order valence-corrected chi connectivity index (χ2v) is 5.13. The number of rotatable bonds is 6. The molecule has 0 bridgehead atoms. The maximum Gasteiger partial charge on any atom is 0.232 e. The lowest BCUT2D eigenvalue weighted by Crippen LogP contribution is -2.31. The number of hydrogen-bond acceptors (Lipinski definition) is 3. The monoisotopic (exact) mass is 287 g/mol. The van der Waals surface area contributed by atoms with E-state index in [0.29, 0.717) is 23.9 Å². The normalized spacial score (nSPS) is 10.4. The van der Waals surface area contributed by atoms with Gasteiger partial charge in [-0.3, -0.25) is 4.79 Å². The summed E-state index contributed by atoms with van der Waals surface area (Å²) in [5, 5.41) is 9.82. The SMILES string of the molecule is CCN(CC)C(=O)CSc1c(Cl)cccc1CO. The maximum absolute atomic E-state index is 11.9. The highest BCUT2D eigenvalue weighted by Gasteiger charge is 2.13. The summed E-state index contributed by atoms with van der Waals surface area (Å²) in [4.78, 5) is 14.5. The van der Waals surface area contributed by atoms with Crippen molar-refractivity contribution in [3.05, 3.63) is 28.8 Å². The van der Waals surface area contributed by atoms with Gasteiger partial charge in [-0.1, -0.05) is 23.7 Å². The lowest BCUT2D eigenvalue weighted by atomic mass is 10.2. The Balaban J connectivity index is 2.71. The summed E-state index contributed by atoms with van der Waals surface area (Å²) in [6.45, 7) is 5.28. The number of benzene rings is 1. The second-order valence-electron chi connectivity index (χ2n) is 3.74. The molecule has 1 amide bonds. The molecule has 0 fully saturated rings. The highest BCUT2D eigenvalue weighted by molar-refractivity contribution is 8.00. The molecule has 1 N–H and O–H groups in total. The van der Waals surface area contributed by atoms with Crippen LogP contribution in [0.2, 0.25) is 5.02 Å². The highest BCUT2D eigenvalue weighted by Crippen LogP contribution is 2.30. The van der Waals surface area contributed by atoms with Crippen molar-refractivity contribution in [2.45, 2.75) is 25.3 Å². The Kier molecular flexibility index (Phi) is 6.54. The van der Waals surface area contributed by atoms with Crippen LogP contribution in [0.1, 0.15) is 19.4 Å². The zero-order chi connectivity index (χ0) is 13.5. The fourth-order valence-corrected chi connectivity index (χ4v) is 2.97. The van der Waals surface area contributed by atoms with E-state index in [9.17, 15) is 9.90 Å². The molecule has 0 unspecified atom stereocenters. The number of thioether (sulfide) groups is 1. The van der Waals surface area contributed by atoms with Gasteiger partial charge in [0, 0.05) is 18.0 Å². The van der Waals surface area contributed by atoms with Crippen molar-refractivity contribution >= 4 is 29.3 Å². The summed E-state index contributed by atoms with van der Waals surface area (Å²) in [5.41, 5.74) is 0.764.